The summed E-state index contributed by atoms with van der Waals surface area (Å²) in [7, 11) is 0. The van der Waals surface area contributed by atoms with Crippen LogP contribution in [0.1, 0.15) is 18.7 Å². The van der Waals surface area contributed by atoms with Crippen molar-refractivity contribution < 1.29 is 24.0 Å². The molecule has 0 bridgehead atoms. The highest BCUT2D eigenvalue weighted by atomic mass is 32.1. The van der Waals surface area contributed by atoms with Crippen molar-refractivity contribution in [3.63, 3.8) is 0 Å². The average Bonchev–Trinajstić information content (AvgIpc) is 3.06. The Balaban J connectivity index is 2.09. The van der Waals surface area contributed by atoms with E-state index in [0.29, 0.717) is 18.8 Å². The van der Waals surface area contributed by atoms with Crippen molar-refractivity contribution in [3.05, 3.63) is 45.3 Å². The molecule has 0 amide bonds. The van der Waals surface area contributed by atoms with Gasteiger partial charge in [0.05, 0.1) is 23.7 Å². The summed E-state index contributed by atoms with van der Waals surface area (Å²) in [5.74, 6) is -0.743. The van der Waals surface area contributed by atoms with Crippen molar-refractivity contribution in [3.8, 4) is 0 Å². The van der Waals surface area contributed by atoms with Gasteiger partial charge in [0.25, 0.3) is 0 Å². The second-order valence-electron chi connectivity index (χ2n) is 6.19. The third-order valence-electron chi connectivity index (χ3n) is 3.82. The van der Waals surface area contributed by atoms with Crippen molar-refractivity contribution >= 4 is 45.3 Å². The van der Waals surface area contributed by atoms with E-state index in [0.717, 1.165) is 10.6 Å². The van der Waals surface area contributed by atoms with Crippen molar-refractivity contribution in [2.45, 2.75) is 20.8 Å². The second-order valence-corrected chi connectivity index (χ2v) is 7.42. The normalized spacial score (nSPS) is 10.8. The Morgan fingerprint density at radius 3 is 2.13 bits per heavy atom. The number of rotatable bonds is 10. The lowest BCUT2D eigenvalue weighted by molar-refractivity contribution is -0.383. The summed E-state index contributed by atoms with van der Waals surface area (Å²) in [6.07, 6.45) is 0. The number of aryl methyl sites for hydroxylation is 1. The maximum Gasteiger partial charge on any atom is 0.308 e. The molecule has 2 rings (SSSR count). The highest BCUT2D eigenvalue weighted by molar-refractivity contribution is 7.16. The van der Waals surface area contributed by atoms with Crippen molar-refractivity contribution in [2.24, 2.45) is 10.2 Å². The summed E-state index contributed by atoms with van der Waals surface area (Å²) in [6.45, 7) is 5.66. The average molecular weight is 434 g/mol. The van der Waals surface area contributed by atoms with Gasteiger partial charge in [-0.25, -0.2) is 0 Å². The number of ether oxygens (including phenoxy) is 2. The zero-order chi connectivity index (χ0) is 22.1. The standard InChI is InChI=1S/C19H22N4O6S/c1-13-12-18(23(26)27)19(30-13)21-20-16-4-6-17(7-5-16)22(8-10-28-14(2)24)9-11-29-15(3)25/h4-7,12H,8-11H2,1-3H3. The maximum absolute atomic E-state index is 11.1. The van der Waals surface area contributed by atoms with Crippen LogP contribution in [-0.4, -0.2) is 43.2 Å². The summed E-state index contributed by atoms with van der Waals surface area (Å²) < 4.78 is 9.98. The molecule has 0 unspecified atom stereocenters. The monoisotopic (exact) mass is 434 g/mol. The van der Waals surface area contributed by atoms with Crippen LogP contribution in [0.5, 0.6) is 0 Å². The number of nitrogens with zero attached hydrogens (tertiary/aromatic N) is 4. The summed E-state index contributed by atoms with van der Waals surface area (Å²) in [5.41, 5.74) is 1.27. The molecular formula is C19H22N4O6S. The fourth-order valence-corrected chi connectivity index (χ4v) is 3.29. The van der Waals surface area contributed by atoms with Crippen LogP contribution in [-0.2, 0) is 19.1 Å². The van der Waals surface area contributed by atoms with Gasteiger partial charge in [0.1, 0.15) is 13.2 Å². The van der Waals surface area contributed by atoms with Crippen LogP contribution in [0, 0.1) is 17.0 Å². The predicted octanol–water partition coefficient (Wildman–Crippen LogP) is 4.31. The van der Waals surface area contributed by atoms with E-state index < -0.39 is 4.92 Å². The molecule has 0 saturated carbocycles. The minimum atomic E-state index is -0.481. The largest absolute Gasteiger partial charge is 0.464 e. The van der Waals surface area contributed by atoms with E-state index in [-0.39, 0.29) is 35.8 Å². The molecule has 0 atom stereocenters. The maximum atomic E-state index is 11.1. The Morgan fingerprint density at radius 2 is 1.63 bits per heavy atom. The minimum Gasteiger partial charge on any atom is -0.464 e. The fourth-order valence-electron chi connectivity index (χ4n) is 2.49. The molecule has 0 N–H and O–H groups in total. The molecule has 30 heavy (non-hydrogen) atoms. The highest BCUT2D eigenvalue weighted by Crippen LogP contribution is 2.37. The molecule has 0 aliphatic rings. The molecule has 160 valence electrons. The van der Waals surface area contributed by atoms with Gasteiger partial charge in [-0.2, -0.15) is 0 Å². The van der Waals surface area contributed by atoms with Crippen LogP contribution < -0.4 is 4.90 Å². The van der Waals surface area contributed by atoms with Gasteiger partial charge in [0, 0.05) is 30.5 Å². The van der Waals surface area contributed by atoms with Gasteiger partial charge >= 0.3 is 17.6 Å². The SMILES string of the molecule is CC(=O)OCCN(CCOC(C)=O)c1ccc(N=Nc2sc(C)cc2[N+](=O)[O-])cc1. The molecule has 1 aromatic heterocycles. The third-order valence-corrected chi connectivity index (χ3v) is 4.74. The van der Waals surface area contributed by atoms with E-state index in [2.05, 4.69) is 10.2 Å². The first-order valence-electron chi connectivity index (χ1n) is 9.04. The first kappa shape index (κ1) is 22.9. The van der Waals surface area contributed by atoms with Crippen LogP contribution in [0.4, 0.5) is 22.1 Å². The lowest BCUT2D eigenvalue weighted by Gasteiger charge is -2.24. The summed E-state index contributed by atoms with van der Waals surface area (Å²) in [4.78, 5) is 35.3. The van der Waals surface area contributed by atoms with Gasteiger partial charge in [-0.3, -0.25) is 19.7 Å². The number of esters is 2. The number of carbonyl (C=O) groups excluding carboxylic acids is 2. The highest BCUT2D eigenvalue weighted by Gasteiger charge is 2.17. The van der Waals surface area contributed by atoms with Crippen molar-refractivity contribution in [1.82, 2.24) is 0 Å². The van der Waals surface area contributed by atoms with Gasteiger partial charge in [0.15, 0.2) is 0 Å². The topological polar surface area (TPSA) is 124 Å². The number of thiophene rings is 1. The Kier molecular flexibility index (Phi) is 8.41. The van der Waals surface area contributed by atoms with E-state index >= 15 is 0 Å². The Hall–Kier alpha value is -3.34. The number of carbonyl (C=O) groups is 2. The van der Waals surface area contributed by atoms with E-state index in [9.17, 15) is 19.7 Å². The zero-order valence-electron chi connectivity index (χ0n) is 16.9. The summed E-state index contributed by atoms with van der Waals surface area (Å²) in [5, 5.41) is 19.4. The Bertz CT molecular complexity index is 906. The molecule has 0 radical (unpaired) electrons. The Morgan fingerprint density at radius 1 is 1.07 bits per heavy atom. The van der Waals surface area contributed by atoms with Crippen LogP contribution in [0.2, 0.25) is 0 Å². The molecule has 0 aliphatic carbocycles. The molecule has 0 aliphatic heterocycles. The number of nitro groups is 1. The van der Waals surface area contributed by atoms with Crippen molar-refractivity contribution in [2.75, 3.05) is 31.2 Å². The Labute approximate surface area is 177 Å². The third kappa shape index (κ3) is 7.24. The van der Waals surface area contributed by atoms with Gasteiger partial charge in [-0.1, -0.05) is 0 Å². The van der Waals surface area contributed by atoms with Crippen LogP contribution in [0.15, 0.2) is 40.6 Å². The molecule has 2 aromatic rings. The molecule has 0 fully saturated rings. The fraction of sp³-hybridized carbons (Fsp3) is 0.368. The number of hydrogen-bond donors (Lipinski definition) is 0. The van der Waals surface area contributed by atoms with Crippen molar-refractivity contribution in [1.29, 1.82) is 0 Å². The molecule has 1 aromatic carbocycles. The van der Waals surface area contributed by atoms with E-state index in [1.807, 2.05) is 4.90 Å². The van der Waals surface area contributed by atoms with E-state index in [1.165, 1.54) is 31.3 Å². The van der Waals surface area contributed by atoms with Gasteiger partial charge in [-0.15, -0.1) is 21.6 Å². The molecule has 11 heteroatoms. The van der Waals surface area contributed by atoms with Crippen LogP contribution >= 0.6 is 11.3 Å². The number of anilines is 1. The van der Waals surface area contributed by atoms with Crippen LogP contribution in [0.3, 0.4) is 0 Å². The van der Waals surface area contributed by atoms with Crippen LogP contribution in [0.25, 0.3) is 0 Å². The zero-order valence-corrected chi connectivity index (χ0v) is 17.7. The van der Waals surface area contributed by atoms with Gasteiger partial charge in [-0.05, 0) is 31.2 Å². The van der Waals surface area contributed by atoms with E-state index in [4.69, 9.17) is 9.47 Å². The second kappa shape index (κ2) is 11.0. The first-order valence-corrected chi connectivity index (χ1v) is 9.86. The minimum absolute atomic E-state index is 0.0695. The first-order chi connectivity index (χ1) is 14.3. The molecule has 0 spiro atoms. The lowest BCUT2D eigenvalue weighted by atomic mass is 10.2. The molecule has 1 heterocycles. The number of benzene rings is 1. The quantitative estimate of drug-likeness (QED) is 0.236. The predicted molar refractivity (Wildman–Crippen MR) is 112 cm³/mol. The van der Waals surface area contributed by atoms with Gasteiger partial charge in [0.2, 0.25) is 5.00 Å². The molecule has 0 saturated heterocycles. The smallest absolute Gasteiger partial charge is 0.308 e. The van der Waals surface area contributed by atoms with E-state index in [1.54, 1.807) is 31.2 Å². The number of hydrogen-bond acceptors (Lipinski definition) is 10. The summed E-state index contributed by atoms with van der Waals surface area (Å²) in [6, 6.07) is 8.49. The van der Waals surface area contributed by atoms with Gasteiger partial charge < -0.3 is 14.4 Å². The lowest BCUT2D eigenvalue weighted by Crippen LogP contribution is -2.31. The number of azo groups is 1. The molecular weight excluding hydrogens is 412 g/mol. The summed E-state index contributed by atoms with van der Waals surface area (Å²) >= 11 is 1.20. The molecule has 10 nitrogen and oxygen atoms in total.